The van der Waals surface area contributed by atoms with Crippen LogP contribution >= 0.6 is 0 Å². The predicted molar refractivity (Wildman–Crippen MR) is 73.3 cm³/mol. The lowest BCUT2D eigenvalue weighted by Crippen LogP contribution is -2.34. The van der Waals surface area contributed by atoms with E-state index in [0.717, 1.165) is 17.7 Å². The van der Waals surface area contributed by atoms with E-state index in [0.29, 0.717) is 24.9 Å². The molecule has 1 aliphatic heterocycles. The monoisotopic (exact) mass is 274 g/mol. The zero-order valence-corrected chi connectivity index (χ0v) is 11.7. The van der Waals surface area contributed by atoms with Gasteiger partial charge in [-0.3, -0.25) is 4.98 Å². The molecular formula is C14H18N4O2. The van der Waals surface area contributed by atoms with Crippen LogP contribution < -0.4 is 5.32 Å². The zero-order valence-electron chi connectivity index (χ0n) is 11.7. The van der Waals surface area contributed by atoms with E-state index in [1.54, 1.807) is 12.4 Å². The van der Waals surface area contributed by atoms with Crippen LogP contribution in [0.1, 0.15) is 24.3 Å². The first-order valence-corrected chi connectivity index (χ1v) is 6.85. The normalized spacial score (nSPS) is 22.3. The van der Waals surface area contributed by atoms with E-state index in [2.05, 4.69) is 27.4 Å². The minimum atomic E-state index is 0.123. The summed E-state index contributed by atoms with van der Waals surface area (Å²) < 4.78 is 10.9. The number of ether oxygens (including phenoxy) is 1. The van der Waals surface area contributed by atoms with Crippen LogP contribution in [0.4, 0.5) is 0 Å². The number of aryl methyl sites for hydroxylation is 1. The fourth-order valence-corrected chi connectivity index (χ4v) is 2.48. The lowest BCUT2D eigenvalue weighted by atomic mass is 10.0. The molecule has 1 saturated heterocycles. The van der Waals surface area contributed by atoms with Crippen LogP contribution in [0.25, 0.3) is 11.4 Å². The van der Waals surface area contributed by atoms with Crippen molar-refractivity contribution < 1.29 is 9.26 Å². The van der Waals surface area contributed by atoms with Gasteiger partial charge in [-0.1, -0.05) is 12.1 Å². The van der Waals surface area contributed by atoms with E-state index in [1.165, 1.54) is 0 Å². The third-order valence-corrected chi connectivity index (χ3v) is 3.57. The van der Waals surface area contributed by atoms with Gasteiger partial charge in [0.05, 0.1) is 19.1 Å². The third-order valence-electron chi connectivity index (χ3n) is 3.57. The molecular weight excluding hydrogens is 256 g/mol. The standard InChI is InChI=1S/C14H18N4O2/c1-3-16-12-8-19-7-11(12)14-17-13(18-20-14)10-4-5-15-6-9(10)2/h4-6,11-12,16H,3,7-8H2,1-2H3. The molecule has 20 heavy (non-hydrogen) atoms. The van der Waals surface area contributed by atoms with E-state index in [-0.39, 0.29) is 12.0 Å². The maximum Gasteiger partial charge on any atom is 0.234 e. The molecule has 1 N–H and O–H groups in total. The Bertz CT molecular complexity index is 584. The minimum Gasteiger partial charge on any atom is -0.379 e. The van der Waals surface area contributed by atoms with Crippen molar-refractivity contribution in [2.24, 2.45) is 0 Å². The van der Waals surface area contributed by atoms with Gasteiger partial charge in [-0.15, -0.1) is 0 Å². The quantitative estimate of drug-likeness (QED) is 0.911. The predicted octanol–water partition coefficient (Wildman–Crippen LogP) is 1.53. The molecule has 0 spiro atoms. The van der Waals surface area contributed by atoms with Crippen LogP contribution in [-0.4, -0.2) is 40.9 Å². The summed E-state index contributed by atoms with van der Waals surface area (Å²) in [4.78, 5) is 8.61. The average Bonchev–Trinajstić information content (AvgIpc) is 3.08. The number of pyridine rings is 1. The lowest BCUT2D eigenvalue weighted by molar-refractivity contribution is 0.185. The fourth-order valence-electron chi connectivity index (χ4n) is 2.48. The largest absolute Gasteiger partial charge is 0.379 e. The zero-order chi connectivity index (χ0) is 13.9. The summed E-state index contributed by atoms with van der Waals surface area (Å²) in [6.07, 6.45) is 3.53. The Morgan fingerprint density at radius 3 is 3.10 bits per heavy atom. The van der Waals surface area contributed by atoms with E-state index in [9.17, 15) is 0 Å². The molecule has 3 heterocycles. The van der Waals surface area contributed by atoms with Gasteiger partial charge in [0, 0.05) is 24.0 Å². The van der Waals surface area contributed by atoms with E-state index >= 15 is 0 Å². The molecule has 1 aliphatic rings. The molecule has 6 nitrogen and oxygen atoms in total. The summed E-state index contributed by atoms with van der Waals surface area (Å²) in [7, 11) is 0. The second-order valence-electron chi connectivity index (χ2n) is 4.95. The van der Waals surface area contributed by atoms with Crippen molar-refractivity contribution in [3.63, 3.8) is 0 Å². The maximum absolute atomic E-state index is 5.52. The molecule has 0 amide bonds. The number of hydrogen-bond donors (Lipinski definition) is 1. The molecule has 0 saturated carbocycles. The lowest BCUT2D eigenvalue weighted by Gasteiger charge is -2.13. The number of rotatable bonds is 4. The first-order valence-electron chi connectivity index (χ1n) is 6.85. The highest BCUT2D eigenvalue weighted by Gasteiger charge is 2.33. The molecule has 6 heteroatoms. The van der Waals surface area contributed by atoms with Crippen molar-refractivity contribution in [2.45, 2.75) is 25.8 Å². The molecule has 0 radical (unpaired) electrons. The highest BCUT2D eigenvalue weighted by molar-refractivity contribution is 5.58. The van der Waals surface area contributed by atoms with Crippen LogP contribution in [0.2, 0.25) is 0 Å². The van der Waals surface area contributed by atoms with Gasteiger partial charge in [0.15, 0.2) is 0 Å². The van der Waals surface area contributed by atoms with Crippen LogP contribution in [-0.2, 0) is 4.74 Å². The average molecular weight is 274 g/mol. The topological polar surface area (TPSA) is 73.1 Å². The Balaban J connectivity index is 1.85. The van der Waals surface area contributed by atoms with Gasteiger partial charge in [0.2, 0.25) is 11.7 Å². The Morgan fingerprint density at radius 2 is 2.30 bits per heavy atom. The van der Waals surface area contributed by atoms with Crippen LogP contribution in [0.3, 0.4) is 0 Å². The second kappa shape index (κ2) is 5.68. The van der Waals surface area contributed by atoms with Crippen molar-refractivity contribution in [1.29, 1.82) is 0 Å². The Kier molecular flexibility index (Phi) is 3.75. The molecule has 106 valence electrons. The second-order valence-corrected chi connectivity index (χ2v) is 4.95. The number of aromatic nitrogens is 3. The van der Waals surface area contributed by atoms with Gasteiger partial charge in [0.1, 0.15) is 0 Å². The van der Waals surface area contributed by atoms with Gasteiger partial charge in [-0.05, 0) is 25.1 Å². The van der Waals surface area contributed by atoms with Gasteiger partial charge >= 0.3 is 0 Å². The third kappa shape index (κ3) is 2.44. The molecule has 2 unspecified atom stereocenters. The fraction of sp³-hybridized carbons (Fsp3) is 0.500. The number of nitrogens with one attached hydrogen (secondary N) is 1. The highest BCUT2D eigenvalue weighted by Crippen LogP contribution is 2.27. The number of likely N-dealkylation sites (N-methyl/N-ethyl adjacent to an activating group) is 1. The molecule has 0 bridgehead atoms. The molecule has 2 atom stereocenters. The summed E-state index contributed by atoms with van der Waals surface area (Å²) in [5, 5.41) is 7.48. The molecule has 0 aromatic carbocycles. The smallest absolute Gasteiger partial charge is 0.234 e. The van der Waals surface area contributed by atoms with E-state index in [1.807, 2.05) is 13.0 Å². The van der Waals surface area contributed by atoms with Crippen LogP contribution in [0, 0.1) is 6.92 Å². The van der Waals surface area contributed by atoms with Crippen molar-refractivity contribution in [1.82, 2.24) is 20.4 Å². The minimum absolute atomic E-state index is 0.123. The molecule has 3 rings (SSSR count). The van der Waals surface area contributed by atoms with Crippen LogP contribution in [0.5, 0.6) is 0 Å². The molecule has 0 aliphatic carbocycles. The highest BCUT2D eigenvalue weighted by atomic mass is 16.5. The SMILES string of the molecule is CCNC1COCC1c1nc(-c2ccncc2C)no1. The molecule has 2 aromatic heterocycles. The van der Waals surface area contributed by atoms with Crippen LogP contribution in [0.15, 0.2) is 23.0 Å². The summed E-state index contributed by atoms with van der Waals surface area (Å²) in [6, 6.07) is 2.14. The van der Waals surface area contributed by atoms with Crippen molar-refractivity contribution >= 4 is 0 Å². The number of hydrogen-bond acceptors (Lipinski definition) is 6. The first kappa shape index (κ1) is 13.2. The van der Waals surface area contributed by atoms with Gasteiger partial charge < -0.3 is 14.6 Å². The summed E-state index contributed by atoms with van der Waals surface area (Å²) in [6.45, 7) is 6.27. The Labute approximate surface area is 117 Å². The van der Waals surface area contributed by atoms with E-state index < -0.39 is 0 Å². The van der Waals surface area contributed by atoms with Crippen molar-refractivity contribution in [3.8, 4) is 11.4 Å². The number of nitrogens with zero attached hydrogens (tertiary/aromatic N) is 3. The van der Waals surface area contributed by atoms with Gasteiger partial charge in [-0.25, -0.2) is 0 Å². The van der Waals surface area contributed by atoms with Crippen molar-refractivity contribution in [3.05, 3.63) is 29.9 Å². The Hall–Kier alpha value is -1.79. The van der Waals surface area contributed by atoms with Gasteiger partial charge in [0.25, 0.3) is 0 Å². The first-order chi connectivity index (χ1) is 9.79. The van der Waals surface area contributed by atoms with E-state index in [4.69, 9.17) is 9.26 Å². The van der Waals surface area contributed by atoms with Crippen molar-refractivity contribution in [2.75, 3.05) is 19.8 Å². The maximum atomic E-state index is 5.52. The Morgan fingerprint density at radius 1 is 1.40 bits per heavy atom. The summed E-state index contributed by atoms with van der Waals surface area (Å²) >= 11 is 0. The summed E-state index contributed by atoms with van der Waals surface area (Å²) in [5.74, 6) is 1.38. The van der Waals surface area contributed by atoms with Gasteiger partial charge in [-0.2, -0.15) is 4.98 Å². The summed E-state index contributed by atoms with van der Waals surface area (Å²) in [5.41, 5.74) is 1.99. The molecule has 1 fully saturated rings. The molecule has 2 aromatic rings.